The first-order valence-corrected chi connectivity index (χ1v) is 9.25. The van der Waals surface area contributed by atoms with Gasteiger partial charge in [-0.1, -0.05) is 19.9 Å². The topological polar surface area (TPSA) is 58.6 Å². The number of aliphatic hydroxyl groups is 1. The zero-order chi connectivity index (χ0) is 19.1. The molecule has 2 N–H and O–H groups in total. The van der Waals surface area contributed by atoms with Crippen molar-refractivity contribution in [3.05, 3.63) is 63.4 Å². The van der Waals surface area contributed by atoms with E-state index in [4.69, 9.17) is 4.74 Å². The van der Waals surface area contributed by atoms with Crippen LogP contribution in [0.4, 0.5) is 10.1 Å². The van der Waals surface area contributed by atoms with Gasteiger partial charge >= 0.3 is 5.97 Å². The van der Waals surface area contributed by atoms with Gasteiger partial charge in [0.05, 0.1) is 28.8 Å². The molecule has 0 radical (unpaired) electrons. The Balaban J connectivity index is 2.02. The third-order valence-electron chi connectivity index (χ3n) is 4.88. The average Bonchev–Trinajstić information content (AvgIpc) is 2.60. The summed E-state index contributed by atoms with van der Waals surface area (Å²) in [5, 5.41) is 14.4. The second kappa shape index (κ2) is 7.00. The van der Waals surface area contributed by atoms with Crippen LogP contribution in [0.15, 0.2) is 40.9 Å². The van der Waals surface area contributed by atoms with Gasteiger partial charge in [-0.3, -0.25) is 0 Å². The summed E-state index contributed by atoms with van der Waals surface area (Å²) in [4.78, 5) is 12.0. The van der Waals surface area contributed by atoms with Gasteiger partial charge in [0.15, 0.2) is 0 Å². The third kappa shape index (κ3) is 3.23. The van der Waals surface area contributed by atoms with Gasteiger partial charge in [0.25, 0.3) is 0 Å². The smallest absolute Gasteiger partial charge is 0.338 e. The van der Waals surface area contributed by atoms with Crippen molar-refractivity contribution in [1.82, 2.24) is 0 Å². The Labute approximate surface area is 160 Å². The zero-order valence-electron chi connectivity index (χ0n) is 14.8. The quantitative estimate of drug-likeness (QED) is 0.685. The van der Waals surface area contributed by atoms with E-state index in [2.05, 4.69) is 21.2 Å². The first kappa shape index (κ1) is 18.9. The molecule has 3 rings (SSSR count). The molecule has 1 aliphatic heterocycles. The maximum Gasteiger partial charge on any atom is 0.338 e. The number of carbonyl (C=O) groups excluding carboxylic acids is 1. The highest BCUT2D eigenvalue weighted by Crippen LogP contribution is 2.51. The summed E-state index contributed by atoms with van der Waals surface area (Å²) in [7, 11) is 0. The van der Waals surface area contributed by atoms with Gasteiger partial charge < -0.3 is 15.2 Å². The Bertz CT molecular complexity index is 853. The third-order valence-corrected chi connectivity index (χ3v) is 5.49. The van der Waals surface area contributed by atoms with Gasteiger partial charge in [-0.25, -0.2) is 9.18 Å². The van der Waals surface area contributed by atoms with E-state index in [1.165, 1.54) is 6.07 Å². The average molecular weight is 422 g/mol. The van der Waals surface area contributed by atoms with Crippen LogP contribution in [0.3, 0.4) is 0 Å². The lowest BCUT2D eigenvalue weighted by Crippen LogP contribution is -2.38. The zero-order valence-corrected chi connectivity index (χ0v) is 16.4. The second-order valence-corrected chi connectivity index (χ2v) is 7.85. The fraction of sp³-hybridized carbons (Fsp3) is 0.350. The molecule has 2 atom stereocenters. The molecule has 26 heavy (non-hydrogen) atoms. The molecule has 4 nitrogen and oxygen atoms in total. The molecule has 1 aliphatic rings. The summed E-state index contributed by atoms with van der Waals surface area (Å²) in [5.74, 6) is -0.743. The fourth-order valence-electron chi connectivity index (χ4n) is 3.37. The van der Waals surface area contributed by atoms with E-state index >= 15 is 0 Å². The Morgan fingerprint density at radius 3 is 2.69 bits per heavy atom. The van der Waals surface area contributed by atoms with Gasteiger partial charge in [0.1, 0.15) is 5.82 Å². The van der Waals surface area contributed by atoms with Crippen molar-refractivity contribution in [2.75, 3.05) is 11.9 Å². The van der Waals surface area contributed by atoms with Crippen LogP contribution in [0.1, 0.15) is 54.4 Å². The fourth-order valence-corrected chi connectivity index (χ4v) is 3.76. The van der Waals surface area contributed by atoms with Crippen molar-refractivity contribution in [3.63, 3.8) is 0 Å². The first-order valence-electron chi connectivity index (χ1n) is 8.46. The summed E-state index contributed by atoms with van der Waals surface area (Å²) in [6, 6.07) is 9.73. The Morgan fingerprint density at radius 2 is 2.04 bits per heavy atom. The van der Waals surface area contributed by atoms with Crippen molar-refractivity contribution in [1.29, 1.82) is 0 Å². The Morgan fingerprint density at radius 1 is 1.31 bits per heavy atom. The second-order valence-electron chi connectivity index (χ2n) is 7.00. The lowest BCUT2D eigenvalue weighted by atomic mass is 9.70. The van der Waals surface area contributed by atoms with E-state index in [0.717, 1.165) is 11.3 Å². The molecule has 0 aromatic heterocycles. The predicted molar refractivity (Wildman–Crippen MR) is 102 cm³/mol. The van der Waals surface area contributed by atoms with E-state index in [-0.39, 0.29) is 11.9 Å². The molecule has 1 heterocycles. The summed E-state index contributed by atoms with van der Waals surface area (Å²) < 4.78 is 19.0. The van der Waals surface area contributed by atoms with Crippen LogP contribution >= 0.6 is 15.9 Å². The van der Waals surface area contributed by atoms with E-state index in [1.807, 2.05) is 13.8 Å². The van der Waals surface area contributed by atoms with E-state index in [9.17, 15) is 14.3 Å². The molecule has 2 aromatic carbocycles. The molecule has 0 fully saturated rings. The van der Waals surface area contributed by atoms with Crippen molar-refractivity contribution in [3.8, 4) is 0 Å². The summed E-state index contributed by atoms with van der Waals surface area (Å²) >= 11 is 3.22. The van der Waals surface area contributed by atoms with E-state index in [0.29, 0.717) is 22.2 Å². The van der Waals surface area contributed by atoms with Gasteiger partial charge in [0, 0.05) is 16.7 Å². The van der Waals surface area contributed by atoms with Gasteiger partial charge in [-0.2, -0.15) is 0 Å². The standard InChI is InChI=1S/C20H21BrFNO3/c1-4-26-19(25)12-6-8-16-13(9-12)18(24)20(2,3)17(23-16)11-5-7-15(22)14(21)10-11/h5-10,17-18,23-24H,4H2,1-3H3. The molecule has 6 heteroatoms. The molecule has 0 bridgehead atoms. The highest BCUT2D eigenvalue weighted by atomic mass is 79.9. The SMILES string of the molecule is CCOC(=O)c1ccc2c(c1)C(O)C(C)(C)C(c1ccc(F)c(Br)c1)N2. The number of anilines is 1. The lowest BCUT2D eigenvalue weighted by molar-refractivity contribution is 0.0287. The van der Waals surface area contributed by atoms with Crippen LogP contribution in [-0.2, 0) is 4.74 Å². The first-order chi connectivity index (χ1) is 12.3. The molecule has 0 saturated carbocycles. The van der Waals surface area contributed by atoms with Crippen LogP contribution in [0, 0.1) is 11.2 Å². The summed E-state index contributed by atoms with van der Waals surface area (Å²) in [6.07, 6.45) is -0.804. The number of esters is 1. The Kier molecular flexibility index (Phi) is 5.08. The lowest BCUT2D eigenvalue weighted by Gasteiger charge is -2.45. The molecular weight excluding hydrogens is 401 g/mol. The molecular formula is C20H21BrFNO3. The predicted octanol–water partition coefficient (Wildman–Crippen LogP) is 4.99. The number of carbonyl (C=O) groups is 1. The number of fused-ring (bicyclic) bond motifs is 1. The number of hydrogen-bond donors (Lipinski definition) is 2. The maximum atomic E-state index is 13.6. The monoisotopic (exact) mass is 421 g/mol. The number of rotatable bonds is 3. The van der Waals surface area contributed by atoms with Crippen molar-refractivity contribution >= 4 is 27.6 Å². The molecule has 0 aliphatic carbocycles. The van der Waals surface area contributed by atoms with Crippen LogP contribution in [0.5, 0.6) is 0 Å². The van der Waals surface area contributed by atoms with Gasteiger partial charge in [0.2, 0.25) is 0 Å². The van der Waals surface area contributed by atoms with E-state index in [1.54, 1.807) is 37.3 Å². The maximum absolute atomic E-state index is 13.6. The number of ether oxygens (including phenoxy) is 1. The minimum atomic E-state index is -0.804. The molecule has 138 valence electrons. The highest BCUT2D eigenvalue weighted by Gasteiger charge is 2.43. The van der Waals surface area contributed by atoms with Crippen LogP contribution in [-0.4, -0.2) is 17.7 Å². The number of nitrogens with one attached hydrogen (secondary N) is 1. The highest BCUT2D eigenvalue weighted by molar-refractivity contribution is 9.10. The number of benzene rings is 2. The Hall–Kier alpha value is -1.92. The molecule has 0 amide bonds. The minimum Gasteiger partial charge on any atom is -0.462 e. The van der Waals surface area contributed by atoms with Crippen LogP contribution < -0.4 is 5.32 Å². The largest absolute Gasteiger partial charge is 0.462 e. The number of halogens is 2. The summed E-state index contributed by atoms with van der Waals surface area (Å²) in [5.41, 5.74) is 2.08. The number of aliphatic hydroxyl groups excluding tert-OH is 1. The minimum absolute atomic E-state index is 0.227. The van der Waals surface area contributed by atoms with Crippen LogP contribution in [0.25, 0.3) is 0 Å². The van der Waals surface area contributed by atoms with Crippen molar-refractivity contribution in [2.24, 2.45) is 5.41 Å². The molecule has 0 saturated heterocycles. The van der Waals surface area contributed by atoms with Crippen LogP contribution in [0.2, 0.25) is 0 Å². The molecule has 0 spiro atoms. The van der Waals surface area contributed by atoms with Gasteiger partial charge in [-0.05, 0) is 58.7 Å². The van der Waals surface area contributed by atoms with Gasteiger partial charge in [-0.15, -0.1) is 0 Å². The summed E-state index contributed by atoms with van der Waals surface area (Å²) in [6.45, 7) is 5.92. The van der Waals surface area contributed by atoms with Crippen molar-refractivity contribution in [2.45, 2.75) is 32.9 Å². The molecule has 2 aromatic rings. The van der Waals surface area contributed by atoms with Crippen molar-refractivity contribution < 1.29 is 19.0 Å². The van der Waals surface area contributed by atoms with E-state index < -0.39 is 17.5 Å². The molecule has 2 unspecified atom stereocenters. The normalized spacial score (nSPS) is 20.8. The number of hydrogen-bond acceptors (Lipinski definition) is 4.